The zero-order valence-electron chi connectivity index (χ0n) is 15.6. The van der Waals surface area contributed by atoms with E-state index in [9.17, 15) is 4.79 Å². The molecule has 1 aromatic carbocycles. The Kier molecular flexibility index (Phi) is 5.92. The van der Waals surface area contributed by atoms with E-state index < -0.39 is 5.60 Å². The monoisotopic (exact) mass is 330 g/mol. The summed E-state index contributed by atoms with van der Waals surface area (Å²) in [6.45, 7) is 12.4. The van der Waals surface area contributed by atoms with Gasteiger partial charge in [0.15, 0.2) is 0 Å². The first-order valence-corrected chi connectivity index (χ1v) is 8.76. The normalized spacial score (nSPS) is 15.2. The summed E-state index contributed by atoms with van der Waals surface area (Å²) in [5.74, 6) is 0.616. The molecule has 132 valence electrons. The van der Waals surface area contributed by atoms with Gasteiger partial charge in [0.1, 0.15) is 5.60 Å². The lowest BCUT2D eigenvalue weighted by molar-refractivity contribution is 0.0270. The van der Waals surface area contributed by atoms with Gasteiger partial charge in [0.2, 0.25) is 0 Å². The van der Waals surface area contributed by atoms with Gasteiger partial charge in [-0.1, -0.05) is 32.1 Å². The van der Waals surface area contributed by atoms with Gasteiger partial charge in [-0.05, 0) is 56.4 Å². The molecular weight excluding hydrogens is 300 g/mol. The SMILES string of the molecule is CC(C)CNc1cccc(C2=CCN(C(=O)OC(C)(C)C)CC2)c1. The third-order valence-corrected chi connectivity index (χ3v) is 3.81. The lowest BCUT2D eigenvalue weighted by Crippen LogP contribution is -2.39. The van der Waals surface area contributed by atoms with Crippen molar-refractivity contribution in [3.8, 4) is 0 Å². The number of nitrogens with zero attached hydrogens (tertiary/aromatic N) is 1. The molecule has 1 aliphatic rings. The van der Waals surface area contributed by atoms with Gasteiger partial charge >= 0.3 is 6.09 Å². The minimum absolute atomic E-state index is 0.231. The Balaban J connectivity index is 1.99. The molecule has 24 heavy (non-hydrogen) atoms. The Bertz CT molecular complexity index is 600. The van der Waals surface area contributed by atoms with Gasteiger partial charge in [-0.25, -0.2) is 4.79 Å². The van der Waals surface area contributed by atoms with Crippen molar-refractivity contribution < 1.29 is 9.53 Å². The third-order valence-electron chi connectivity index (χ3n) is 3.81. The van der Waals surface area contributed by atoms with Crippen LogP contribution in [0, 0.1) is 5.92 Å². The Labute approximate surface area is 145 Å². The lowest BCUT2D eigenvalue weighted by atomic mass is 9.99. The highest BCUT2D eigenvalue weighted by Gasteiger charge is 2.23. The first kappa shape index (κ1) is 18.4. The molecule has 0 saturated carbocycles. The Morgan fingerprint density at radius 2 is 2.08 bits per heavy atom. The number of benzene rings is 1. The molecule has 0 unspecified atom stereocenters. The summed E-state index contributed by atoms with van der Waals surface area (Å²) in [5.41, 5.74) is 3.23. The summed E-state index contributed by atoms with van der Waals surface area (Å²) < 4.78 is 5.44. The quantitative estimate of drug-likeness (QED) is 0.864. The van der Waals surface area contributed by atoms with Crippen LogP contribution >= 0.6 is 0 Å². The molecule has 4 nitrogen and oxygen atoms in total. The maximum atomic E-state index is 12.1. The van der Waals surface area contributed by atoms with Crippen LogP contribution in [0.3, 0.4) is 0 Å². The van der Waals surface area contributed by atoms with Crippen molar-refractivity contribution in [3.05, 3.63) is 35.9 Å². The molecule has 0 atom stereocenters. The molecule has 1 aliphatic heterocycles. The molecule has 0 aliphatic carbocycles. The fourth-order valence-corrected chi connectivity index (χ4v) is 2.57. The van der Waals surface area contributed by atoms with Gasteiger partial charge in [0, 0.05) is 25.3 Å². The number of hydrogen-bond acceptors (Lipinski definition) is 3. The van der Waals surface area contributed by atoms with Crippen LogP contribution in [0.4, 0.5) is 10.5 Å². The molecule has 1 heterocycles. The number of carbonyl (C=O) groups excluding carboxylic acids is 1. The molecule has 0 fully saturated rings. The van der Waals surface area contributed by atoms with E-state index >= 15 is 0 Å². The highest BCUT2D eigenvalue weighted by molar-refractivity contribution is 5.73. The molecule has 0 radical (unpaired) electrons. The minimum Gasteiger partial charge on any atom is -0.444 e. The highest BCUT2D eigenvalue weighted by Crippen LogP contribution is 2.25. The van der Waals surface area contributed by atoms with Crippen LogP contribution in [0.25, 0.3) is 5.57 Å². The number of anilines is 1. The summed E-state index contributed by atoms with van der Waals surface area (Å²) in [7, 11) is 0. The third kappa shape index (κ3) is 5.59. The van der Waals surface area contributed by atoms with E-state index in [1.54, 1.807) is 4.90 Å². The second-order valence-corrected chi connectivity index (χ2v) is 7.76. The number of carbonyl (C=O) groups is 1. The predicted molar refractivity (Wildman–Crippen MR) is 100 cm³/mol. The van der Waals surface area contributed by atoms with Crippen LogP contribution in [-0.4, -0.2) is 36.2 Å². The van der Waals surface area contributed by atoms with Crippen LogP contribution in [0.2, 0.25) is 0 Å². The number of rotatable bonds is 4. The van der Waals surface area contributed by atoms with E-state index in [2.05, 4.69) is 49.5 Å². The maximum absolute atomic E-state index is 12.1. The molecule has 1 N–H and O–H groups in total. The fraction of sp³-hybridized carbons (Fsp3) is 0.550. The highest BCUT2D eigenvalue weighted by atomic mass is 16.6. The number of ether oxygens (including phenoxy) is 1. The summed E-state index contributed by atoms with van der Waals surface area (Å²) in [6.07, 6.45) is 2.76. The first-order valence-electron chi connectivity index (χ1n) is 8.76. The van der Waals surface area contributed by atoms with E-state index in [1.807, 2.05) is 20.8 Å². The molecule has 0 saturated heterocycles. The van der Waals surface area contributed by atoms with Gasteiger partial charge in [0.05, 0.1) is 0 Å². The molecule has 4 heteroatoms. The molecule has 0 bridgehead atoms. The average molecular weight is 330 g/mol. The zero-order valence-corrected chi connectivity index (χ0v) is 15.6. The Morgan fingerprint density at radius 1 is 1.33 bits per heavy atom. The van der Waals surface area contributed by atoms with Crippen LogP contribution in [0.5, 0.6) is 0 Å². The van der Waals surface area contributed by atoms with Crippen molar-refractivity contribution in [2.45, 2.75) is 46.6 Å². The second-order valence-electron chi connectivity index (χ2n) is 7.76. The van der Waals surface area contributed by atoms with Crippen LogP contribution < -0.4 is 5.32 Å². The molecule has 0 aromatic heterocycles. The van der Waals surface area contributed by atoms with E-state index in [1.165, 1.54) is 11.1 Å². The van der Waals surface area contributed by atoms with Gasteiger partial charge < -0.3 is 15.0 Å². The van der Waals surface area contributed by atoms with Crippen LogP contribution in [0.1, 0.15) is 46.6 Å². The summed E-state index contributed by atoms with van der Waals surface area (Å²) in [4.78, 5) is 13.9. The van der Waals surface area contributed by atoms with Crippen molar-refractivity contribution in [1.82, 2.24) is 4.90 Å². The Hall–Kier alpha value is -1.97. The van der Waals surface area contributed by atoms with Crippen molar-refractivity contribution in [2.24, 2.45) is 5.92 Å². The number of amides is 1. The average Bonchev–Trinajstić information content (AvgIpc) is 2.52. The molecule has 0 spiro atoms. The number of hydrogen-bond donors (Lipinski definition) is 1. The standard InChI is InChI=1S/C20H30N2O2/c1-15(2)14-21-18-8-6-7-17(13-18)16-9-11-22(12-10-16)19(23)24-20(3,4)5/h6-9,13,15,21H,10-12,14H2,1-5H3. The summed E-state index contributed by atoms with van der Waals surface area (Å²) in [6, 6.07) is 8.51. The van der Waals surface area contributed by atoms with Crippen LogP contribution in [-0.2, 0) is 4.74 Å². The van der Waals surface area contributed by atoms with Crippen molar-refractivity contribution in [3.63, 3.8) is 0 Å². The molecule has 1 aromatic rings. The van der Waals surface area contributed by atoms with Gasteiger partial charge in [-0.15, -0.1) is 0 Å². The maximum Gasteiger partial charge on any atom is 0.410 e. The molecule has 1 amide bonds. The minimum atomic E-state index is -0.447. The topological polar surface area (TPSA) is 41.6 Å². The zero-order chi connectivity index (χ0) is 17.7. The van der Waals surface area contributed by atoms with Crippen molar-refractivity contribution >= 4 is 17.4 Å². The van der Waals surface area contributed by atoms with Crippen molar-refractivity contribution in [2.75, 3.05) is 25.0 Å². The first-order chi connectivity index (χ1) is 11.2. The fourth-order valence-electron chi connectivity index (χ4n) is 2.57. The van der Waals surface area contributed by atoms with Crippen LogP contribution in [0.15, 0.2) is 30.3 Å². The lowest BCUT2D eigenvalue weighted by Gasteiger charge is -2.29. The smallest absolute Gasteiger partial charge is 0.410 e. The van der Waals surface area contributed by atoms with Crippen molar-refractivity contribution in [1.29, 1.82) is 0 Å². The van der Waals surface area contributed by atoms with E-state index in [-0.39, 0.29) is 6.09 Å². The van der Waals surface area contributed by atoms with Gasteiger partial charge in [-0.3, -0.25) is 0 Å². The predicted octanol–water partition coefficient (Wildman–Crippen LogP) is 4.78. The summed E-state index contributed by atoms with van der Waals surface area (Å²) in [5, 5.41) is 3.46. The summed E-state index contributed by atoms with van der Waals surface area (Å²) >= 11 is 0. The van der Waals surface area contributed by atoms with E-state index in [0.717, 1.165) is 18.7 Å². The van der Waals surface area contributed by atoms with E-state index in [0.29, 0.717) is 19.0 Å². The van der Waals surface area contributed by atoms with Gasteiger partial charge in [-0.2, -0.15) is 0 Å². The van der Waals surface area contributed by atoms with E-state index in [4.69, 9.17) is 4.74 Å². The largest absolute Gasteiger partial charge is 0.444 e. The second kappa shape index (κ2) is 7.73. The Morgan fingerprint density at radius 3 is 2.67 bits per heavy atom. The molecular formula is C20H30N2O2. The van der Waals surface area contributed by atoms with Gasteiger partial charge in [0.25, 0.3) is 0 Å². The molecule has 2 rings (SSSR count). The number of nitrogens with one attached hydrogen (secondary N) is 1.